The molecule has 1 aromatic carbocycles. The van der Waals surface area contributed by atoms with E-state index in [1.807, 2.05) is 27.7 Å². The number of aromatic hydroxyl groups is 1. The van der Waals surface area contributed by atoms with Crippen molar-refractivity contribution in [3.63, 3.8) is 0 Å². The molecular formula is C12H15Cl3O. The Morgan fingerprint density at radius 3 is 1.31 bits per heavy atom. The number of rotatable bonds is 2. The first-order valence-electron chi connectivity index (χ1n) is 5.18. The summed E-state index contributed by atoms with van der Waals surface area (Å²) in [4.78, 5) is 0. The molecular weight excluding hydrogens is 266 g/mol. The molecule has 0 bridgehead atoms. The summed E-state index contributed by atoms with van der Waals surface area (Å²) in [6.45, 7) is 7.91. The minimum Gasteiger partial charge on any atom is -0.505 e. The molecule has 16 heavy (non-hydrogen) atoms. The zero-order valence-electron chi connectivity index (χ0n) is 9.74. The molecule has 0 amide bonds. The Morgan fingerprint density at radius 2 is 1.06 bits per heavy atom. The van der Waals surface area contributed by atoms with Gasteiger partial charge < -0.3 is 5.11 Å². The number of benzene rings is 1. The maximum atomic E-state index is 9.87. The van der Waals surface area contributed by atoms with E-state index in [1.165, 1.54) is 0 Å². The molecule has 0 aliphatic rings. The largest absolute Gasteiger partial charge is 0.505 e. The van der Waals surface area contributed by atoms with E-state index < -0.39 is 0 Å². The van der Waals surface area contributed by atoms with Crippen LogP contribution in [0.3, 0.4) is 0 Å². The van der Waals surface area contributed by atoms with Gasteiger partial charge in [-0.2, -0.15) is 0 Å². The van der Waals surface area contributed by atoms with Gasteiger partial charge in [0, 0.05) is 0 Å². The van der Waals surface area contributed by atoms with Gasteiger partial charge in [-0.25, -0.2) is 0 Å². The van der Waals surface area contributed by atoms with Gasteiger partial charge in [-0.05, 0) is 23.0 Å². The summed E-state index contributed by atoms with van der Waals surface area (Å²) >= 11 is 18.4. The number of phenolic OH excluding ortho intramolecular Hbond substituents is 1. The average molecular weight is 282 g/mol. The van der Waals surface area contributed by atoms with E-state index in [2.05, 4.69) is 0 Å². The lowest BCUT2D eigenvalue weighted by Crippen LogP contribution is -1.99. The highest BCUT2D eigenvalue weighted by Crippen LogP contribution is 2.47. The van der Waals surface area contributed by atoms with Gasteiger partial charge in [-0.3, -0.25) is 0 Å². The molecule has 0 spiro atoms. The highest BCUT2D eigenvalue weighted by Gasteiger charge is 2.23. The quantitative estimate of drug-likeness (QED) is 0.748. The molecule has 1 N–H and O–H groups in total. The molecule has 0 atom stereocenters. The van der Waals surface area contributed by atoms with E-state index in [-0.39, 0.29) is 27.6 Å². The topological polar surface area (TPSA) is 20.2 Å². The summed E-state index contributed by atoms with van der Waals surface area (Å²) in [6.07, 6.45) is 0. The van der Waals surface area contributed by atoms with Crippen molar-refractivity contribution in [2.75, 3.05) is 0 Å². The second-order valence-corrected chi connectivity index (χ2v) is 5.56. The number of hydrogen-bond donors (Lipinski definition) is 1. The van der Waals surface area contributed by atoms with Gasteiger partial charge in [0.05, 0.1) is 15.1 Å². The predicted octanol–water partition coefficient (Wildman–Crippen LogP) is 5.60. The minimum absolute atomic E-state index is 0.0693. The summed E-state index contributed by atoms with van der Waals surface area (Å²) < 4.78 is 0. The molecule has 0 aliphatic carbocycles. The summed E-state index contributed by atoms with van der Waals surface area (Å²) in [6, 6.07) is 0. The normalized spacial score (nSPS) is 11.6. The van der Waals surface area contributed by atoms with Gasteiger partial charge in [-0.1, -0.05) is 62.5 Å². The molecule has 0 radical (unpaired) electrons. The molecule has 0 aromatic heterocycles. The van der Waals surface area contributed by atoms with Crippen LogP contribution >= 0.6 is 34.8 Å². The molecule has 4 heteroatoms. The van der Waals surface area contributed by atoms with E-state index >= 15 is 0 Å². The number of phenols is 1. The lowest BCUT2D eigenvalue weighted by molar-refractivity contribution is 0.473. The predicted molar refractivity (Wildman–Crippen MR) is 71.3 cm³/mol. The maximum absolute atomic E-state index is 9.87. The SMILES string of the molecule is CC(C)c1c(Cl)c(O)c(Cl)c(C(C)C)c1Cl. The first-order chi connectivity index (χ1) is 7.29. The number of halogens is 3. The van der Waals surface area contributed by atoms with Crippen molar-refractivity contribution < 1.29 is 5.11 Å². The molecule has 0 heterocycles. The van der Waals surface area contributed by atoms with Gasteiger partial charge in [0.15, 0.2) is 5.75 Å². The van der Waals surface area contributed by atoms with Gasteiger partial charge >= 0.3 is 0 Å². The van der Waals surface area contributed by atoms with Crippen LogP contribution in [-0.4, -0.2) is 5.11 Å². The van der Waals surface area contributed by atoms with Crippen LogP contribution in [0.4, 0.5) is 0 Å². The van der Waals surface area contributed by atoms with E-state index in [9.17, 15) is 5.11 Å². The third-order valence-electron chi connectivity index (χ3n) is 2.52. The Bertz CT molecular complexity index is 376. The molecule has 1 rings (SSSR count). The fourth-order valence-electron chi connectivity index (χ4n) is 1.70. The molecule has 0 aliphatic heterocycles. The van der Waals surface area contributed by atoms with Crippen LogP contribution in [0, 0.1) is 0 Å². The molecule has 1 nitrogen and oxygen atoms in total. The van der Waals surface area contributed by atoms with Crippen molar-refractivity contribution in [1.82, 2.24) is 0 Å². The van der Waals surface area contributed by atoms with E-state index in [1.54, 1.807) is 0 Å². The highest BCUT2D eigenvalue weighted by atomic mass is 35.5. The fraction of sp³-hybridized carbons (Fsp3) is 0.500. The van der Waals surface area contributed by atoms with Crippen LogP contribution in [-0.2, 0) is 0 Å². The van der Waals surface area contributed by atoms with Crippen molar-refractivity contribution in [1.29, 1.82) is 0 Å². The van der Waals surface area contributed by atoms with Gasteiger partial charge in [0.25, 0.3) is 0 Å². The Labute approximate surface area is 111 Å². The average Bonchev–Trinajstić information content (AvgIpc) is 2.13. The van der Waals surface area contributed by atoms with Gasteiger partial charge in [-0.15, -0.1) is 0 Å². The van der Waals surface area contributed by atoms with Crippen molar-refractivity contribution in [3.05, 3.63) is 26.2 Å². The van der Waals surface area contributed by atoms with Crippen molar-refractivity contribution in [2.24, 2.45) is 0 Å². The lowest BCUT2D eigenvalue weighted by atomic mass is 9.94. The summed E-state index contributed by atoms with van der Waals surface area (Å²) in [5.41, 5.74) is 1.52. The van der Waals surface area contributed by atoms with E-state index in [0.717, 1.165) is 11.1 Å². The van der Waals surface area contributed by atoms with Crippen LogP contribution in [0.5, 0.6) is 5.75 Å². The highest BCUT2D eigenvalue weighted by molar-refractivity contribution is 6.42. The van der Waals surface area contributed by atoms with E-state index in [4.69, 9.17) is 34.8 Å². The second-order valence-electron chi connectivity index (χ2n) is 4.43. The summed E-state index contributed by atoms with van der Waals surface area (Å²) in [5, 5.41) is 11.0. The third-order valence-corrected chi connectivity index (χ3v) is 3.69. The first-order valence-corrected chi connectivity index (χ1v) is 6.31. The number of hydrogen-bond acceptors (Lipinski definition) is 1. The monoisotopic (exact) mass is 280 g/mol. The maximum Gasteiger partial charge on any atom is 0.153 e. The van der Waals surface area contributed by atoms with Crippen molar-refractivity contribution in [2.45, 2.75) is 39.5 Å². The zero-order chi connectivity index (χ0) is 12.6. The zero-order valence-corrected chi connectivity index (χ0v) is 12.0. The minimum atomic E-state index is -0.0693. The second kappa shape index (κ2) is 5.03. The molecule has 0 saturated carbocycles. The van der Waals surface area contributed by atoms with E-state index in [0.29, 0.717) is 5.02 Å². The van der Waals surface area contributed by atoms with Gasteiger partial charge in [0.1, 0.15) is 0 Å². The molecule has 0 fully saturated rings. The van der Waals surface area contributed by atoms with Crippen LogP contribution in [0.15, 0.2) is 0 Å². The van der Waals surface area contributed by atoms with Crippen molar-refractivity contribution >= 4 is 34.8 Å². The smallest absolute Gasteiger partial charge is 0.153 e. The summed E-state index contributed by atoms with van der Waals surface area (Å²) in [5.74, 6) is 0.210. The fourth-order valence-corrected chi connectivity index (χ4v) is 3.29. The van der Waals surface area contributed by atoms with Crippen LogP contribution < -0.4 is 0 Å². The molecule has 90 valence electrons. The Hall–Kier alpha value is -0.110. The van der Waals surface area contributed by atoms with Gasteiger partial charge in [0.2, 0.25) is 0 Å². The first kappa shape index (κ1) is 14.0. The van der Waals surface area contributed by atoms with Crippen LogP contribution in [0.25, 0.3) is 0 Å². The van der Waals surface area contributed by atoms with Crippen molar-refractivity contribution in [3.8, 4) is 5.75 Å². The van der Waals surface area contributed by atoms with Crippen LogP contribution in [0.2, 0.25) is 15.1 Å². The molecule has 0 saturated heterocycles. The Balaban J connectivity index is 3.66. The lowest BCUT2D eigenvalue weighted by Gasteiger charge is -2.19. The molecule has 1 aromatic rings. The summed E-state index contributed by atoms with van der Waals surface area (Å²) in [7, 11) is 0. The third kappa shape index (κ3) is 2.27. The van der Waals surface area contributed by atoms with Crippen LogP contribution in [0.1, 0.15) is 50.7 Å². The Kier molecular flexibility index (Phi) is 4.39. The standard InChI is InChI=1S/C12H15Cl3O/c1-5(2)7-9(13)8(6(3)4)11(15)12(16)10(7)14/h5-6,16H,1-4H3. The molecule has 0 unspecified atom stereocenters. The Morgan fingerprint density at radius 1 is 0.750 bits per heavy atom.